The predicted molar refractivity (Wildman–Crippen MR) is 112 cm³/mol. The van der Waals surface area contributed by atoms with Crippen LogP contribution in [0.5, 0.6) is 0 Å². The second-order valence-electron chi connectivity index (χ2n) is 7.70. The van der Waals surface area contributed by atoms with Gasteiger partial charge in [0.15, 0.2) is 11.5 Å². The second kappa shape index (κ2) is 7.65. The standard InChI is InChI=1S/C19H25N9O2/c1-11-9-29-5-3-27(11)17-14-16(24-15(23-14)13-7-21-18(20)22-8-13)25-19(26-17)28-4-6-30-10-12(28)2/h7-8,11-12H,3-6,9-10H2,1-2H3,(H2,20,21,22)(H,23,24,25,26)/t11-,12-/m1/s1. The molecule has 30 heavy (non-hydrogen) atoms. The minimum absolute atomic E-state index is 0.190. The van der Waals surface area contributed by atoms with Crippen LogP contribution in [0, 0.1) is 0 Å². The Labute approximate surface area is 173 Å². The highest BCUT2D eigenvalue weighted by molar-refractivity contribution is 5.87. The summed E-state index contributed by atoms with van der Waals surface area (Å²) in [6, 6.07) is 0.383. The molecular formula is C19H25N9O2. The molecule has 0 radical (unpaired) electrons. The van der Waals surface area contributed by atoms with Crippen LogP contribution in [-0.2, 0) is 9.47 Å². The first-order valence-corrected chi connectivity index (χ1v) is 10.1. The van der Waals surface area contributed by atoms with Crippen LogP contribution in [0.15, 0.2) is 12.4 Å². The summed E-state index contributed by atoms with van der Waals surface area (Å²) < 4.78 is 11.2. The summed E-state index contributed by atoms with van der Waals surface area (Å²) in [5, 5.41) is 0. The Hall–Kier alpha value is -3.05. The largest absolute Gasteiger partial charge is 0.377 e. The van der Waals surface area contributed by atoms with E-state index in [0.717, 1.165) is 30.0 Å². The number of anilines is 3. The van der Waals surface area contributed by atoms with Gasteiger partial charge in [0.25, 0.3) is 0 Å². The van der Waals surface area contributed by atoms with Crippen LogP contribution in [0.25, 0.3) is 22.6 Å². The van der Waals surface area contributed by atoms with Crippen molar-refractivity contribution >= 4 is 28.9 Å². The van der Waals surface area contributed by atoms with E-state index in [1.54, 1.807) is 12.4 Å². The number of aromatic nitrogens is 6. The Bertz CT molecular complexity index is 1040. The molecule has 158 valence electrons. The lowest BCUT2D eigenvalue weighted by molar-refractivity contribution is 0.0973. The fourth-order valence-electron chi connectivity index (χ4n) is 3.87. The molecule has 0 aliphatic carbocycles. The van der Waals surface area contributed by atoms with Crippen molar-refractivity contribution in [1.82, 2.24) is 29.9 Å². The maximum atomic E-state index is 5.63. The number of H-pyrrole nitrogens is 1. The zero-order chi connectivity index (χ0) is 20.7. The molecule has 2 aliphatic heterocycles. The molecular weight excluding hydrogens is 386 g/mol. The van der Waals surface area contributed by atoms with Gasteiger partial charge in [-0.25, -0.2) is 15.0 Å². The van der Waals surface area contributed by atoms with E-state index in [9.17, 15) is 0 Å². The lowest BCUT2D eigenvalue weighted by Crippen LogP contribution is -2.46. The van der Waals surface area contributed by atoms with Crippen molar-refractivity contribution < 1.29 is 9.47 Å². The lowest BCUT2D eigenvalue weighted by Gasteiger charge is -2.36. The van der Waals surface area contributed by atoms with E-state index in [-0.39, 0.29) is 18.0 Å². The van der Waals surface area contributed by atoms with E-state index in [1.807, 2.05) is 0 Å². The highest BCUT2D eigenvalue weighted by Crippen LogP contribution is 2.30. The minimum Gasteiger partial charge on any atom is -0.377 e. The van der Waals surface area contributed by atoms with E-state index in [4.69, 9.17) is 30.2 Å². The van der Waals surface area contributed by atoms with Gasteiger partial charge < -0.3 is 30.0 Å². The van der Waals surface area contributed by atoms with E-state index >= 15 is 0 Å². The Balaban J connectivity index is 1.64. The number of fused-ring (bicyclic) bond motifs is 1. The van der Waals surface area contributed by atoms with Gasteiger partial charge in [0.2, 0.25) is 11.9 Å². The van der Waals surface area contributed by atoms with Gasteiger partial charge in [-0.3, -0.25) is 0 Å². The molecule has 11 nitrogen and oxygen atoms in total. The van der Waals surface area contributed by atoms with Gasteiger partial charge in [-0.2, -0.15) is 9.97 Å². The zero-order valence-corrected chi connectivity index (χ0v) is 17.1. The molecule has 3 aromatic rings. The molecule has 0 saturated carbocycles. The van der Waals surface area contributed by atoms with Crippen LogP contribution in [0.2, 0.25) is 0 Å². The van der Waals surface area contributed by atoms with Crippen LogP contribution in [0.3, 0.4) is 0 Å². The summed E-state index contributed by atoms with van der Waals surface area (Å²) in [7, 11) is 0. The van der Waals surface area contributed by atoms with E-state index in [0.29, 0.717) is 43.8 Å². The van der Waals surface area contributed by atoms with Crippen molar-refractivity contribution in [2.75, 3.05) is 55.1 Å². The number of nitrogen functional groups attached to an aromatic ring is 1. The summed E-state index contributed by atoms with van der Waals surface area (Å²) in [5.41, 5.74) is 7.77. The van der Waals surface area contributed by atoms with E-state index in [1.165, 1.54) is 0 Å². The number of imidazole rings is 1. The Morgan fingerprint density at radius 2 is 1.63 bits per heavy atom. The number of ether oxygens (including phenoxy) is 2. The molecule has 5 heterocycles. The van der Waals surface area contributed by atoms with Crippen molar-refractivity contribution in [3.63, 3.8) is 0 Å². The van der Waals surface area contributed by atoms with Gasteiger partial charge >= 0.3 is 0 Å². The van der Waals surface area contributed by atoms with Crippen molar-refractivity contribution in [2.24, 2.45) is 0 Å². The highest BCUT2D eigenvalue weighted by Gasteiger charge is 2.28. The Morgan fingerprint density at radius 3 is 2.30 bits per heavy atom. The first-order valence-electron chi connectivity index (χ1n) is 10.1. The quantitative estimate of drug-likeness (QED) is 0.639. The molecule has 0 unspecified atom stereocenters. The van der Waals surface area contributed by atoms with Gasteiger partial charge in [-0.15, -0.1) is 0 Å². The summed E-state index contributed by atoms with van der Waals surface area (Å²) in [5.74, 6) is 2.35. The third-order valence-electron chi connectivity index (χ3n) is 5.53. The van der Waals surface area contributed by atoms with Crippen molar-refractivity contribution in [3.8, 4) is 11.4 Å². The molecule has 0 spiro atoms. The summed E-state index contributed by atoms with van der Waals surface area (Å²) in [4.78, 5) is 30.4. The minimum atomic E-state index is 0.190. The molecule has 2 atom stereocenters. The first-order chi connectivity index (χ1) is 14.6. The van der Waals surface area contributed by atoms with Crippen LogP contribution in [0.1, 0.15) is 13.8 Å². The topological polar surface area (TPSA) is 131 Å². The van der Waals surface area contributed by atoms with E-state index in [2.05, 4.69) is 38.6 Å². The number of aromatic amines is 1. The molecule has 0 aromatic carbocycles. The fraction of sp³-hybridized carbons (Fsp3) is 0.526. The first kappa shape index (κ1) is 18.9. The normalized spacial score (nSPS) is 22.6. The Morgan fingerprint density at radius 1 is 0.967 bits per heavy atom. The fourth-order valence-corrected chi connectivity index (χ4v) is 3.87. The lowest BCUT2D eigenvalue weighted by atomic mass is 10.2. The van der Waals surface area contributed by atoms with Crippen molar-refractivity contribution in [3.05, 3.63) is 12.4 Å². The number of morpholine rings is 2. The van der Waals surface area contributed by atoms with Crippen molar-refractivity contribution in [2.45, 2.75) is 25.9 Å². The van der Waals surface area contributed by atoms with Crippen LogP contribution >= 0.6 is 0 Å². The molecule has 5 rings (SSSR count). The van der Waals surface area contributed by atoms with Crippen LogP contribution in [-0.4, -0.2) is 81.5 Å². The molecule has 3 N–H and O–H groups in total. The number of rotatable bonds is 3. The number of hydrogen-bond donors (Lipinski definition) is 2. The maximum Gasteiger partial charge on any atom is 0.229 e. The SMILES string of the molecule is C[C@@H]1COCCN1c1nc(N2CCOC[C@H]2C)c2[nH]c(-c3cnc(N)nc3)nc2n1. The second-order valence-corrected chi connectivity index (χ2v) is 7.70. The van der Waals surface area contributed by atoms with Gasteiger partial charge in [0.05, 0.1) is 44.1 Å². The molecule has 0 amide bonds. The summed E-state index contributed by atoms with van der Waals surface area (Å²) in [6.07, 6.45) is 3.30. The van der Waals surface area contributed by atoms with Gasteiger partial charge in [-0.1, -0.05) is 0 Å². The monoisotopic (exact) mass is 411 g/mol. The molecule has 2 aliphatic rings. The molecule has 11 heteroatoms. The third-order valence-corrected chi connectivity index (χ3v) is 5.53. The highest BCUT2D eigenvalue weighted by atomic mass is 16.5. The average Bonchev–Trinajstić information content (AvgIpc) is 3.18. The molecule has 2 saturated heterocycles. The van der Waals surface area contributed by atoms with E-state index < -0.39 is 0 Å². The van der Waals surface area contributed by atoms with Gasteiger partial charge in [0.1, 0.15) is 11.3 Å². The number of hydrogen-bond acceptors (Lipinski definition) is 10. The molecule has 0 bridgehead atoms. The van der Waals surface area contributed by atoms with Gasteiger partial charge in [0, 0.05) is 25.5 Å². The van der Waals surface area contributed by atoms with Gasteiger partial charge in [-0.05, 0) is 13.8 Å². The molecule has 2 fully saturated rings. The number of nitrogens with zero attached hydrogens (tertiary/aromatic N) is 7. The smallest absolute Gasteiger partial charge is 0.229 e. The summed E-state index contributed by atoms with van der Waals surface area (Å²) >= 11 is 0. The number of nitrogens with two attached hydrogens (primary N) is 1. The average molecular weight is 411 g/mol. The molecule has 3 aromatic heterocycles. The van der Waals surface area contributed by atoms with Crippen LogP contribution < -0.4 is 15.5 Å². The van der Waals surface area contributed by atoms with Crippen LogP contribution in [0.4, 0.5) is 17.7 Å². The predicted octanol–water partition coefficient (Wildman–Crippen LogP) is 0.842. The van der Waals surface area contributed by atoms with Crippen molar-refractivity contribution in [1.29, 1.82) is 0 Å². The summed E-state index contributed by atoms with van der Waals surface area (Å²) in [6.45, 7) is 8.37. The maximum absolute atomic E-state index is 5.63. The Kier molecular flexibility index (Phi) is 4.83. The third kappa shape index (κ3) is 3.39. The zero-order valence-electron chi connectivity index (χ0n) is 17.1. The number of nitrogens with one attached hydrogen (secondary N) is 1.